The summed E-state index contributed by atoms with van der Waals surface area (Å²) in [7, 11) is 0. The van der Waals surface area contributed by atoms with Crippen LogP contribution in [-0.4, -0.2) is 16.1 Å². The van der Waals surface area contributed by atoms with Gasteiger partial charge < -0.3 is 9.52 Å². The average Bonchev–Trinajstić information content (AvgIpc) is 2.72. The second-order valence-electron chi connectivity index (χ2n) is 3.50. The molecular formula is C11H5Br2F2NO3. The first kappa shape index (κ1) is 14.1. The highest BCUT2D eigenvalue weighted by Gasteiger charge is 2.26. The smallest absolute Gasteiger partial charge is 0.374 e. The molecule has 0 aliphatic rings. The van der Waals surface area contributed by atoms with E-state index < -0.39 is 23.8 Å². The number of aromatic nitrogens is 1. The summed E-state index contributed by atoms with van der Waals surface area (Å²) in [6.45, 7) is 0. The van der Waals surface area contributed by atoms with Crippen LogP contribution in [0.5, 0.6) is 0 Å². The number of nitrogens with zero attached hydrogens (tertiary/aromatic N) is 1. The Balaban J connectivity index is 2.57. The van der Waals surface area contributed by atoms with Crippen molar-refractivity contribution in [2.24, 2.45) is 0 Å². The Bertz CT molecular complexity index is 623. The van der Waals surface area contributed by atoms with Gasteiger partial charge in [0.15, 0.2) is 5.69 Å². The van der Waals surface area contributed by atoms with Crippen LogP contribution in [0.3, 0.4) is 0 Å². The van der Waals surface area contributed by atoms with E-state index in [9.17, 15) is 13.6 Å². The Labute approximate surface area is 122 Å². The molecular weight excluding hydrogens is 392 g/mol. The third kappa shape index (κ3) is 3.01. The van der Waals surface area contributed by atoms with Gasteiger partial charge in [0.05, 0.1) is 0 Å². The van der Waals surface area contributed by atoms with Crippen LogP contribution in [-0.2, 0) is 0 Å². The Hall–Kier alpha value is -1.28. The van der Waals surface area contributed by atoms with Crippen molar-refractivity contribution in [3.63, 3.8) is 0 Å². The van der Waals surface area contributed by atoms with Crippen molar-refractivity contribution in [2.75, 3.05) is 0 Å². The molecule has 0 saturated heterocycles. The highest BCUT2D eigenvalue weighted by atomic mass is 79.9. The number of halogens is 4. The number of oxazole rings is 1. The minimum absolute atomic E-state index is 0.172. The zero-order valence-corrected chi connectivity index (χ0v) is 12.2. The number of benzene rings is 1. The standard InChI is InChI=1S/C11H5Br2F2NO3/c12-5-1-4(2-6(13)3-5)10-16-7(9(14)15)8(19-10)11(17)18/h1-3,9H,(H,17,18). The van der Waals surface area contributed by atoms with Crippen LogP contribution in [0.4, 0.5) is 8.78 Å². The van der Waals surface area contributed by atoms with Crippen molar-refractivity contribution in [2.45, 2.75) is 6.43 Å². The van der Waals surface area contributed by atoms with Crippen molar-refractivity contribution in [3.8, 4) is 11.5 Å². The zero-order valence-electron chi connectivity index (χ0n) is 9.03. The number of hydrogen-bond acceptors (Lipinski definition) is 3. The maximum atomic E-state index is 12.7. The molecule has 0 radical (unpaired) electrons. The second kappa shape index (κ2) is 5.38. The van der Waals surface area contributed by atoms with E-state index in [0.717, 1.165) is 0 Å². The summed E-state index contributed by atoms with van der Waals surface area (Å²) in [4.78, 5) is 14.4. The molecule has 2 rings (SSSR count). The van der Waals surface area contributed by atoms with Gasteiger partial charge in [0.1, 0.15) is 0 Å². The van der Waals surface area contributed by atoms with E-state index >= 15 is 0 Å². The average molecular weight is 397 g/mol. The lowest BCUT2D eigenvalue weighted by Gasteiger charge is -1.98. The molecule has 2 aromatic rings. The largest absolute Gasteiger partial charge is 0.475 e. The molecule has 0 atom stereocenters. The molecule has 1 N–H and O–H groups in total. The van der Waals surface area contributed by atoms with E-state index in [1.54, 1.807) is 18.2 Å². The van der Waals surface area contributed by atoms with Gasteiger partial charge in [-0.15, -0.1) is 0 Å². The van der Waals surface area contributed by atoms with E-state index in [-0.39, 0.29) is 5.89 Å². The van der Waals surface area contributed by atoms with E-state index in [4.69, 9.17) is 9.52 Å². The van der Waals surface area contributed by atoms with Crippen LogP contribution in [0, 0.1) is 0 Å². The fraction of sp³-hybridized carbons (Fsp3) is 0.0909. The minimum atomic E-state index is -3.01. The molecule has 8 heteroatoms. The van der Waals surface area contributed by atoms with Crippen LogP contribution in [0.25, 0.3) is 11.5 Å². The molecule has 0 saturated carbocycles. The molecule has 0 amide bonds. The first-order valence-electron chi connectivity index (χ1n) is 4.87. The molecule has 19 heavy (non-hydrogen) atoms. The van der Waals surface area contributed by atoms with Gasteiger partial charge in [-0.1, -0.05) is 31.9 Å². The summed E-state index contributed by atoms with van der Waals surface area (Å²) in [5.74, 6) is -2.60. The number of carbonyl (C=O) groups is 1. The topological polar surface area (TPSA) is 63.3 Å². The number of carboxylic acids is 1. The number of rotatable bonds is 3. The van der Waals surface area contributed by atoms with Crippen molar-refractivity contribution in [1.29, 1.82) is 0 Å². The molecule has 1 heterocycles. The van der Waals surface area contributed by atoms with Gasteiger partial charge in [-0.05, 0) is 18.2 Å². The molecule has 1 aromatic carbocycles. The molecule has 1 aromatic heterocycles. The SMILES string of the molecule is O=C(O)c1oc(-c2cc(Br)cc(Br)c2)nc1C(F)F. The normalized spacial score (nSPS) is 11.0. The lowest BCUT2D eigenvalue weighted by Crippen LogP contribution is -1.99. The first-order chi connectivity index (χ1) is 8.88. The molecule has 0 bridgehead atoms. The van der Waals surface area contributed by atoms with Crippen LogP contribution >= 0.6 is 31.9 Å². The molecule has 4 nitrogen and oxygen atoms in total. The molecule has 0 aliphatic carbocycles. The zero-order chi connectivity index (χ0) is 14.2. The summed E-state index contributed by atoms with van der Waals surface area (Å²) >= 11 is 6.46. The Morgan fingerprint density at radius 3 is 2.26 bits per heavy atom. The van der Waals surface area contributed by atoms with Crippen LogP contribution in [0.2, 0.25) is 0 Å². The summed E-state index contributed by atoms with van der Waals surface area (Å²) in [6.07, 6.45) is -3.01. The Kier molecular flexibility index (Phi) is 4.00. The minimum Gasteiger partial charge on any atom is -0.475 e. The summed E-state index contributed by atoms with van der Waals surface area (Å²) in [6, 6.07) is 4.90. The fourth-order valence-electron chi connectivity index (χ4n) is 1.43. The molecule has 0 fully saturated rings. The molecule has 0 unspecified atom stereocenters. The number of carboxylic acid groups (broad SMARTS) is 1. The van der Waals surface area contributed by atoms with Gasteiger partial charge in [0.2, 0.25) is 11.7 Å². The van der Waals surface area contributed by atoms with Crippen molar-refractivity contribution >= 4 is 37.8 Å². The summed E-state index contributed by atoms with van der Waals surface area (Å²) < 4.78 is 31.6. The van der Waals surface area contributed by atoms with Crippen molar-refractivity contribution in [1.82, 2.24) is 4.98 Å². The van der Waals surface area contributed by atoms with Crippen LogP contribution in [0.15, 0.2) is 31.6 Å². The highest BCUT2D eigenvalue weighted by Crippen LogP contribution is 2.31. The van der Waals surface area contributed by atoms with E-state index in [1.807, 2.05) is 0 Å². The summed E-state index contributed by atoms with van der Waals surface area (Å²) in [5.41, 5.74) is -0.491. The number of aromatic carboxylic acids is 1. The van der Waals surface area contributed by atoms with Gasteiger partial charge in [-0.3, -0.25) is 0 Å². The van der Waals surface area contributed by atoms with Gasteiger partial charge in [0, 0.05) is 14.5 Å². The molecule has 0 spiro atoms. The first-order valence-corrected chi connectivity index (χ1v) is 6.45. The van der Waals surface area contributed by atoms with E-state index in [1.165, 1.54) is 0 Å². The van der Waals surface area contributed by atoms with Crippen molar-refractivity contribution in [3.05, 3.63) is 38.6 Å². The molecule has 100 valence electrons. The van der Waals surface area contributed by atoms with Gasteiger partial charge in [-0.2, -0.15) is 0 Å². The number of hydrogen-bond donors (Lipinski definition) is 1. The Morgan fingerprint density at radius 2 is 1.84 bits per heavy atom. The van der Waals surface area contributed by atoms with Crippen molar-refractivity contribution < 1.29 is 23.1 Å². The highest BCUT2D eigenvalue weighted by molar-refractivity contribution is 9.11. The fourth-order valence-corrected chi connectivity index (χ4v) is 2.73. The predicted octanol–water partition coefficient (Wildman–Crippen LogP) is 4.50. The third-order valence-electron chi connectivity index (χ3n) is 2.16. The Morgan fingerprint density at radius 1 is 1.26 bits per heavy atom. The van der Waals surface area contributed by atoms with Gasteiger partial charge in [0.25, 0.3) is 6.43 Å². The summed E-state index contributed by atoms with van der Waals surface area (Å²) in [5, 5.41) is 8.80. The maximum absolute atomic E-state index is 12.7. The quantitative estimate of drug-likeness (QED) is 0.829. The molecule has 0 aliphatic heterocycles. The second-order valence-corrected chi connectivity index (χ2v) is 5.33. The predicted molar refractivity (Wildman–Crippen MR) is 69.3 cm³/mol. The van der Waals surface area contributed by atoms with Crippen LogP contribution < -0.4 is 0 Å². The van der Waals surface area contributed by atoms with E-state index in [2.05, 4.69) is 36.8 Å². The third-order valence-corrected chi connectivity index (χ3v) is 3.08. The van der Waals surface area contributed by atoms with Gasteiger partial charge in [-0.25, -0.2) is 18.6 Å². The monoisotopic (exact) mass is 395 g/mol. The van der Waals surface area contributed by atoms with Gasteiger partial charge >= 0.3 is 5.97 Å². The number of alkyl halides is 2. The van der Waals surface area contributed by atoms with Crippen LogP contribution in [0.1, 0.15) is 22.7 Å². The maximum Gasteiger partial charge on any atom is 0.374 e. The lowest BCUT2D eigenvalue weighted by molar-refractivity contribution is 0.0647. The lowest BCUT2D eigenvalue weighted by atomic mass is 10.2. The van der Waals surface area contributed by atoms with E-state index in [0.29, 0.717) is 14.5 Å².